The minimum Gasteiger partial charge on any atom is -0.372 e. The van der Waals surface area contributed by atoms with E-state index in [9.17, 15) is 0 Å². The molecule has 0 radical (unpaired) electrons. The standard InChI is InChI=1S/C10H16N2OS/c1-7-12-9(6-14-7)10-8(5-11)3-2-4-13-10/h6,8,10H,2-5,11H2,1H3. The molecule has 0 aromatic carbocycles. The summed E-state index contributed by atoms with van der Waals surface area (Å²) in [6.07, 6.45) is 2.43. The second-order valence-electron chi connectivity index (χ2n) is 3.72. The maximum absolute atomic E-state index is 5.74. The zero-order chi connectivity index (χ0) is 9.97. The lowest BCUT2D eigenvalue weighted by molar-refractivity contribution is -0.0273. The third-order valence-electron chi connectivity index (χ3n) is 2.68. The Kier molecular flexibility index (Phi) is 3.15. The summed E-state index contributed by atoms with van der Waals surface area (Å²) in [6, 6.07) is 0. The Hall–Kier alpha value is -0.450. The number of hydrogen-bond donors (Lipinski definition) is 1. The number of nitrogens with zero attached hydrogens (tertiary/aromatic N) is 1. The molecule has 1 aliphatic heterocycles. The Morgan fingerprint density at radius 3 is 3.21 bits per heavy atom. The Labute approximate surface area is 88.3 Å². The van der Waals surface area contributed by atoms with Crippen LogP contribution in [0.2, 0.25) is 0 Å². The zero-order valence-electron chi connectivity index (χ0n) is 8.40. The van der Waals surface area contributed by atoms with Crippen LogP contribution in [0.5, 0.6) is 0 Å². The number of nitrogens with two attached hydrogens (primary N) is 1. The van der Waals surface area contributed by atoms with Gasteiger partial charge >= 0.3 is 0 Å². The third kappa shape index (κ3) is 1.97. The van der Waals surface area contributed by atoms with Crippen LogP contribution in [0.1, 0.15) is 29.6 Å². The number of ether oxygens (including phenoxy) is 1. The maximum Gasteiger partial charge on any atom is 0.104 e. The van der Waals surface area contributed by atoms with Crippen molar-refractivity contribution in [2.24, 2.45) is 11.7 Å². The second-order valence-corrected chi connectivity index (χ2v) is 4.78. The van der Waals surface area contributed by atoms with Crippen molar-refractivity contribution < 1.29 is 4.74 Å². The van der Waals surface area contributed by atoms with Crippen LogP contribution in [0.4, 0.5) is 0 Å². The predicted molar refractivity (Wildman–Crippen MR) is 57.3 cm³/mol. The molecule has 2 N–H and O–H groups in total. The highest BCUT2D eigenvalue weighted by atomic mass is 32.1. The fourth-order valence-electron chi connectivity index (χ4n) is 1.92. The summed E-state index contributed by atoms with van der Waals surface area (Å²) in [5.74, 6) is 0.449. The SMILES string of the molecule is Cc1nc(C2OCCCC2CN)cs1. The first-order chi connectivity index (χ1) is 6.81. The van der Waals surface area contributed by atoms with E-state index in [4.69, 9.17) is 10.5 Å². The lowest BCUT2D eigenvalue weighted by atomic mass is 9.93. The molecule has 4 heteroatoms. The predicted octanol–water partition coefficient (Wildman–Crippen LogP) is 1.88. The number of hydrogen-bond acceptors (Lipinski definition) is 4. The van der Waals surface area contributed by atoms with Crippen molar-refractivity contribution in [3.05, 3.63) is 16.1 Å². The molecule has 78 valence electrons. The third-order valence-corrected chi connectivity index (χ3v) is 3.47. The molecule has 1 aromatic heterocycles. The first-order valence-electron chi connectivity index (χ1n) is 5.05. The molecule has 0 saturated carbocycles. The van der Waals surface area contributed by atoms with E-state index < -0.39 is 0 Å². The van der Waals surface area contributed by atoms with Gasteiger partial charge in [-0.05, 0) is 26.3 Å². The molecule has 0 amide bonds. The minimum atomic E-state index is 0.138. The lowest BCUT2D eigenvalue weighted by Gasteiger charge is -2.29. The summed E-state index contributed by atoms with van der Waals surface area (Å²) >= 11 is 1.68. The van der Waals surface area contributed by atoms with Crippen LogP contribution in [-0.2, 0) is 4.74 Å². The second kappa shape index (κ2) is 4.38. The normalized spacial score (nSPS) is 27.9. The van der Waals surface area contributed by atoms with Crippen LogP contribution in [0.15, 0.2) is 5.38 Å². The highest BCUT2D eigenvalue weighted by Crippen LogP contribution is 2.33. The summed E-state index contributed by atoms with van der Waals surface area (Å²) in [7, 11) is 0. The fourth-order valence-corrected chi connectivity index (χ4v) is 2.56. The highest BCUT2D eigenvalue weighted by Gasteiger charge is 2.27. The molecular weight excluding hydrogens is 196 g/mol. The van der Waals surface area contributed by atoms with Gasteiger partial charge in [-0.3, -0.25) is 0 Å². The van der Waals surface area contributed by atoms with E-state index in [2.05, 4.69) is 10.4 Å². The van der Waals surface area contributed by atoms with Crippen molar-refractivity contribution in [3.63, 3.8) is 0 Å². The lowest BCUT2D eigenvalue weighted by Crippen LogP contribution is -2.28. The molecule has 2 atom stereocenters. The minimum absolute atomic E-state index is 0.138. The molecule has 2 unspecified atom stereocenters. The van der Waals surface area contributed by atoms with Crippen LogP contribution < -0.4 is 5.73 Å². The van der Waals surface area contributed by atoms with Crippen LogP contribution in [0.3, 0.4) is 0 Å². The molecule has 0 bridgehead atoms. The van der Waals surface area contributed by atoms with Crippen molar-refractivity contribution in [1.82, 2.24) is 4.98 Å². The summed E-state index contributed by atoms with van der Waals surface area (Å²) in [5, 5.41) is 3.19. The first-order valence-corrected chi connectivity index (χ1v) is 5.93. The zero-order valence-corrected chi connectivity index (χ0v) is 9.22. The maximum atomic E-state index is 5.74. The largest absolute Gasteiger partial charge is 0.372 e. The molecule has 2 heterocycles. The Balaban J connectivity index is 2.14. The summed E-state index contributed by atoms with van der Waals surface area (Å²) in [5.41, 5.74) is 6.81. The molecule has 14 heavy (non-hydrogen) atoms. The first kappa shape index (κ1) is 10.1. The van der Waals surface area contributed by atoms with E-state index in [0.717, 1.165) is 30.2 Å². The van der Waals surface area contributed by atoms with E-state index in [1.54, 1.807) is 11.3 Å². The van der Waals surface area contributed by atoms with Gasteiger partial charge in [0.05, 0.1) is 10.7 Å². The number of aryl methyl sites for hydroxylation is 1. The average Bonchev–Trinajstić information content (AvgIpc) is 2.65. The van der Waals surface area contributed by atoms with Crippen molar-refractivity contribution in [2.75, 3.05) is 13.2 Å². The summed E-state index contributed by atoms with van der Waals surface area (Å²) in [6.45, 7) is 3.56. The van der Waals surface area contributed by atoms with Crippen LogP contribution in [0.25, 0.3) is 0 Å². The average molecular weight is 212 g/mol. The summed E-state index contributed by atoms with van der Waals surface area (Å²) in [4.78, 5) is 4.47. The van der Waals surface area contributed by atoms with Crippen molar-refractivity contribution in [3.8, 4) is 0 Å². The highest BCUT2D eigenvalue weighted by molar-refractivity contribution is 7.09. The Morgan fingerprint density at radius 1 is 1.71 bits per heavy atom. The van der Waals surface area contributed by atoms with Gasteiger partial charge in [-0.2, -0.15) is 0 Å². The molecule has 2 rings (SSSR count). The van der Waals surface area contributed by atoms with E-state index in [1.807, 2.05) is 6.92 Å². The molecule has 1 saturated heterocycles. The smallest absolute Gasteiger partial charge is 0.104 e. The van der Waals surface area contributed by atoms with Gasteiger partial charge < -0.3 is 10.5 Å². The molecule has 0 aliphatic carbocycles. The monoisotopic (exact) mass is 212 g/mol. The molecule has 1 aromatic rings. The molecular formula is C10H16N2OS. The number of thiazole rings is 1. The quantitative estimate of drug-likeness (QED) is 0.814. The number of rotatable bonds is 2. The van der Waals surface area contributed by atoms with Gasteiger partial charge in [0.15, 0.2) is 0 Å². The topological polar surface area (TPSA) is 48.1 Å². The van der Waals surface area contributed by atoms with Gasteiger partial charge in [0.2, 0.25) is 0 Å². The number of aromatic nitrogens is 1. The van der Waals surface area contributed by atoms with Crippen molar-refractivity contribution in [1.29, 1.82) is 0 Å². The van der Waals surface area contributed by atoms with E-state index in [-0.39, 0.29) is 6.10 Å². The fraction of sp³-hybridized carbons (Fsp3) is 0.700. The molecule has 0 spiro atoms. The van der Waals surface area contributed by atoms with Gasteiger partial charge in [-0.25, -0.2) is 4.98 Å². The van der Waals surface area contributed by atoms with Gasteiger partial charge in [-0.15, -0.1) is 11.3 Å². The van der Waals surface area contributed by atoms with Crippen LogP contribution >= 0.6 is 11.3 Å². The van der Waals surface area contributed by atoms with Crippen LogP contribution in [-0.4, -0.2) is 18.1 Å². The van der Waals surface area contributed by atoms with Crippen molar-refractivity contribution in [2.45, 2.75) is 25.9 Å². The van der Waals surface area contributed by atoms with Gasteiger partial charge in [0.1, 0.15) is 6.10 Å². The van der Waals surface area contributed by atoms with Crippen molar-refractivity contribution >= 4 is 11.3 Å². The summed E-state index contributed by atoms with van der Waals surface area (Å²) < 4.78 is 5.74. The molecule has 1 fully saturated rings. The van der Waals surface area contributed by atoms with Gasteiger partial charge in [0.25, 0.3) is 0 Å². The Morgan fingerprint density at radius 2 is 2.57 bits per heavy atom. The van der Waals surface area contributed by atoms with Crippen LogP contribution in [0, 0.1) is 12.8 Å². The van der Waals surface area contributed by atoms with E-state index in [0.29, 0.717) is 12.5 Å². The van der Waals surface area contributed by atoms with Gasteiger partial charge in [-0.1, -0.05) is 0 Å². The Bertz CT molecular complexity index is 300. The van der Waals surface area contributed by atoms with Gasteiger partial charge in [0, 0.05) is 17.9 Å². The molecule has 1 aliphatic rings. The van der Waals surface area contributed by atoms with E-state index >= 15 is 0 Å². The van der Waals surface area contributed by atoms with E-state index in [1.165, 1.54) is 0 Å². The molecule has 3 nitrogen and oxygen atoms in total.